The van der Waals surface area contributed by atoms with Crippen LogP contribution in [0.25, 0.3) is 0 Å². The zero-order valence-corrected chi connectivity index (χ0v) is 9.49. The highest BCUT2D eigenvalue weighted by atomic mass is 16.3. The first kappa shape index (κ1) is 11.0. The summed E-state index contributed by atoms with van der Waals surface area (Å²) in [6, 6.07) is 1.14. The van der Waals surface area contributed by atoms with E-state index in [0.29, 0.717) is 36.4 Å². The minimum Gasteiger partial charge on any atom is -0.396 e. The number of hydrogen-bond acceptors (Lipinski definition) is 2. The topological polar surface area (TPSA) is 23.5 Å². The van der Waals surface area contributed by atoms with Gasteiger partial charge in [0.15, 0.2) is 0 Å². The van der Waals surface area contributed by atoms with Gasteiger partial charge in [-0.25, -0.2) is 0 Å². The molecule has 1 rings (SSSR count). The molecule has 4 unspecified atom stereocenters. The molecule has 0 radical (unpaired) electrons. The highest BCUT2D eigenvalue weighted by Crippen LogP contribution is 2.35. The van der Waals surface area contributed by atoms with Crippen molar-refractivity contribution in [2.45, 2.75) is 39.8 Å². The molecule has 0 spiro atoms. The van der Waals surface area contributed by atoms with E-state index in [4.69, 9.17) is 0 Å². The fraction of sp³-hybridized carbons (Fsp3) is 1.00. The van der Waals surface area contributed by atoms with Crippen LogP contribution < -0.4 is 0 Å². The third-order valence-electron chi connectivity index (χ3n) is 4.38. The molecule has 0 aromatic heterocycles. The van der Waals surface area contributed by atoms with E-state index in [1.165, 1.54) is 0 Å². The van der Waals surface area contributed by atoms with E-state index >= 15 is 0 Å². The Morgan fingerprint density at radius 3 is 2.00 bits per heavy atom. The van der Waals surface area contributed by atoms with Gasteiger partial charge < -0.3 is 10.0 Å². The predicted molar refractivity (Wildman–Crippen MR) is 55.6 cm³/mol. The number of hydrogen-bond donors (Lipinski definition) is 1. The Balaban J connectivity index is 2.79. The minimum atomic E-state index is 0.323. The van der Waals surface area contributed by atoms with Crippen molar-refractivity contribution in [2.24, 2.45) is 17.8 Å². The fourth-order valence-electron chi connectivity index (χ4n) is 2.63. The Morgan fingerprint density at radius 2 is 1.54 bits per heavy atom. The molecular weight excluding hydrogens is 162 g/mol. The van der Waals surface area contributed by atoms with E-state index < -0.39 is 0 Å². The van der Waals surface area contributed by atoms with Crippen molar-refractivity contribution in [3.05, 3.63) is 0 Å². The summed E-state index contributed by atoms with van der Waals surface area (Å²) in [5.41, 5.74) is 0. The molecule has 1 saturated heterocycles. The molecule has 13 heavy (non-hydrogen) atoms. The predicted octanol–water partition coefficient (Wildman–Crippen LogP) is 1.59. The Hall–Kier alpha value is -0.0800. The lowest BCUT2D eigenvalue weighted by molar-refractivity contribution is -0.0238. The van der Waals surface area contributed by atoms with Crippen molar-refractivity contribution in [3.8, 4) is 0 Å². The smallest absolute Gasteiger partial charge is 0.0476 e. The molecule has 5 atom stereocenters. The van der Waals surface area contributed by atoms with E-state index in [9.17, 15) is 5.11 Å². The number of nitrogens with zero attached hydrogens (tertiary/aromatic N) is 1. The molecule has 0 aromatic rings. The second-order valence-electron chi connectivity index (χ2n) is 4.71. The summed E-state index contributed by atoms with van der Waals surface area (Å²) in [4.78, 5) is 2.39. The van der Waals surface area contributed by atoms with Crippen molar-refractivity contribution < 1.29 is 5.11 Å². The molecule has 1 fully saturated rings. The SMILES string of the molecule is CC1C(C)[C@@H](CO)C(C)N(C)C1C. The van der Waals surface area contributed by atoms with Gasteiger partial charge in [0.25, 0.3) is 0 Å². The van der Waals surface area contributed by atoms with Gasteiger partial charge in [-0.05, 0) is 32.7 Å². The molecule has 1 aliphatic rings. The number of aliphatic hydroxyl groups is 1. The van der Waals surface area contributed by atoms with E-state index in [1.54, 1.807) is 0 Å². The molecule has 1 aliphatic heterocycles. The zero-order chi connectivity index (χ0) is 10.2. The van der Waals surface area contributed by atoms with Crippen molar-refractivity contribution in [1.29, 1.82) is 0 Å². The second kappa shape index (κ2) is 3.97. The van der Waals surface area contributed by atoms with Crippen LogP contribution in [0.4, 0.5) is 0 Å². The Kier molecular flexibility index (Phi) is 3.36. The van der Waals surface area contributed by atoms with Crippen LogP contribution in [0.15, 0.2) is 0 Å². The third kappa shape index (κ3) is 1.75. The molecule has 1 N–H and O–H groups in total. The number of rotatable bonds is 1. The van der Waals surface area contributed by atoms with Crippen LogP contribution in [0.1, 0.15) is 27.7 Å². The van der Waals surface area contributed by atoms with Crippen molar-refractivity contribution in [1.82, 2.24) is 4.90 Å². The third-order valence-corrected chi connectivity index (χ3v) is 4.38. The summed E-state index contributed by atoms with van der Waals surface area (Å²) in [5.74, 6) is 1.75. The second-order valence-corrected chi connectivity index (χ2v) is 4.71. The van der Waals surface area contributed by atoms with E-state index in [0.717, 1.165) is 0 Å². The lowest BCUT2D eigenvalue weighted by Crippen LogP contribution is -2.54. The van der Waals surface area contributed by atoms with Crippen LogP contribution in [0.3, 0.4) is 0 Å². The van der Waals surface area contributed by atoms with Crippen molar-refractivity contribution >= 4 is 0 Å². The van der Waals surface area contributed by atoms with Gasteiger partial charge in [-0.1, -0.05) is 13.8 Å². The van der Waals surface area contributed by atoms with Gasteiger partial charge in [-0.3, -0.25) is 0 Å². The van der Waals surface area contributed by atoms with Gasteiger partial charge in [-0.15, -0.1) is 0 Å². The van der Waals surface area contributed by atoms with Crippen molar-refractivity contribution in [3.63, 3.8) is 0 Å². The maximum absolute atomic E-state index is 9.33. The van der Waals surface area contributed by atoms with Crippen LogP contribution in [0, 0.1) is 17.8 Å². The monoisotopic (exact) mass is 185 g/mol. The normalized spacial score (nSPS) is 48.0. The Morgan fingerprint density at radius 1 is 1.00 bits per heavy atom. The van der Waals surface area contributed by atoms with Crippen LogP contribution in [-0.4, -0.2) is 35.7 Å². The molecule has 0 aliphatic carbocycles. The molecular formula is C11H23NO. The minimum absolute atomic E-state index is 0.323. The van der Waals surface area contributed by atoms with Gasteiger partial charge in [-0.2, -0.15) is 0 Å². The fourth-order valence-corrected chi connectivity index (χ4v) is 2.63. The number of piperidine rings is 1. The molecule has 0 amide bonds. The quantitative estimate of drug-likeness (QED) is 0.670. The summed E-state index contributed by atoms with van der Waals surface area (Å²) in [5, 5.41) is 9.33. The first-order chi connectivity index (χ1) is 6.00. The molecule has 78 valence electrons. The average molecular weight is 185 g/mol. The van der Waals surface area contributed by atoms with Crippen LogP contribution >= 0.6 is 0 Å². The molecule has 0 saturated carbocycles. The first-order valence-corrected chi connectivity index (χ1v) is 5.33. The van der Waals surface area contributed by atoms with E-state index in [2.05, 4.69) is 39.6 Å². The van der Waals surface area contributed by atoms with Gasteiger partial charge in [0.2, 0.25) is 0 Å². The first-order valence-electron chi connectivity index (χ1n) is 5.33. The standard InChI is InChI=1S/C11H23NO/c1-7-8(2)11(6-13)10(4)12(5)9(7)3/h7-11,13H,6H2,1-5H3/t7?,8?,9?,10?,11-/m1/s1. The zero-order valence-electron chi connectivity index (χ0n) is 9.49. The maximum Gasteiger partial charge on any atom is 0.0476 e. The summed E-state index contributed by atoms with van der Waals surface area (Å²) >= 11 is 0. The number of likely N-dealkylation sites (tertiary alicyclic amines) is 1. The highest BCUT2D eigenvalue weighted by Gasteiger charge is 2.39. The lowest BCUT2D eigenvalue weighted by Gasteiger charge is -2.48. The molecule has 0 aromatic carbocycles. The van der Waals surface area contributed by atoms with Gasteiger partial charge >= 0.3 is 0 Å². The maximum atomic E-state index is 9.33. The summed E-state index contributed by atoms with van der Waals surface area (Å²) in [6.07, 6.45) is 0. The summed E-state index contributed by atoms with van der Waals surface area (Å²) in [7, 11) is 2.17. The van der Waals surface area contributed by atoms with Crippen molar-refractivity contribution in [2.75, 3.05) is 13.7 Å². The molecule has 2 nitrogen and oxygen atoms in total. The van der Waals surface area contributed by atoms with E-state index in [1.807, 2.05) is 0 Å². The molecule has 2 heteroatoms. The highest BCUT2D eigenvalue weighted by molar-refractivity contribution is 4.91. The van der Waals surface area contributed by atoms with E-state index in [-0.39, 0.29) is 0 Å². The Bertz CT molecular complexity index is 155. The summed E-state index contributed by atoms with van der Waals surface area (Å²) < 4.78 is 0. The van der Waals surface area contributed by atoms with Crippen LogP contribution in [0.2, 0.25) is 0 Å². The number of aliphatic hydroxyl groups excluding tert-OH is 1. The largest absolute Gasteiger partial charge is 0.396 e. The average Bonchev–Trinajstić information content (AvgIpc) is 2.13. The molecule has 1 heterocycles. The van der Waals surface area contributed by atoms with Gasteiger partial charge in [0.1, 0.15) is 0 Å². The lowest BCUT2D eigenvalue weighted by atomic mass is 9.73. The van der Waals surface area contributed by atoms with Crippen LogP contribution in [0.5, 0.6) is 0 Å². The van der Waals surface area contributed by atoms with Gasteiger partial charge in [0, 0.05) is 24.6 Å². The summed E-state index contributed by atoms with van der Waals surface area (Å²) in [6.45, 7) is 9.39. The molecule has 0 bridgehead atoms. The van der Waals surface area contributed by atoms with Crippen LogP contribution in [-0.2, 0) is 0 Å². The van der Waals surface area contributed by atoms with Gasteiger partial charge in [0.05, 0.1) is 0 Å². The Labute approximate surface area is 81.9 Å².